The van der Waals surface area contributed by atoms with E-state index in [2.05, 4.69) is 36.6 Å². The van der Waals surface area contributed by atoms with Crippen LogP contribution in [-0.4, -0.2) is 48.6 Å². The van der Waals surface area contributed by atoms with E-state index in [1.165, 1.54) is 24.6 Å². The number of benzene rings is 2. The zero-order valence-electron chi connectivity index (χ0n) is 20.5. The summed E-state index contributed by atoms with van der Waals surface area (Å²) in [5.41, 5.74) is 0. The molecule has 2 amide bonds. The van der Waals surface area contributed by atoms with Crippen molar-refractivity contribution in [3.8, 4) is 0 Å². The molecule has 182 valence electrons. The van der Waals surface area contributed by atoms with Crippen molar-refractivity contribution in [2.75, 3.05) is 5.75 Å². The number of fused-ring (bicyclic) bond motifs is 1. The molecule has 34 heavy (non-hydrogen) atoms. The molecule has 6 atom stereocenters. The van der Waals surface area contributed by atoms with Crippen LogP contribution in [0.4, 0.5) is 4.79 Å². The summed E-state index contributed by atoms with van der Waals surface area (Å²) < 4.78 is 0. The lowest BCUT2D eigenvalue weighted by molar-refractivity contribution is -0.124. The number of hydrogen-bond donors (Lipinski definition) is 3. The van der Waals surface area contributed by atoms with Crippen LogP contribution in [0.25, 0.3) is 10.8 Å². The summed E-state index contributed by atoms with van der Waals surface area (Å²) in [4.78, 5) is 25.7. The Morgan fingerprint density at radius 2 is 1.85 bits per heavy atom. The molecule has 0 bridgehead atoms. The van der Waals surface area contributed by atoms with Crippen LogP contribution in [0, 0.1) is 17.8 Å². The van der Waals surface area contributed by atoms with Crippen LogP contribution >= 0.6 is 11.8 Å². The number of aliphatic hydroxyl groups is 1. The molecule has 7 heteroatoms. The highest BCUT2D eigenvalue weighted by Gasteiger charge is 2.31. The summed E-state index contributed by atoms with van der Waals surface area (Å²) in [6, 6.07) is 13.1. The summed E-state index contributed by atoms with van der Waals surface area (Å²) in [7, 11) is 5.36. The van der Waals surface area contributed by atoms with Crippen LogP contribution in [-0.2, 0) is 4.79 Å². The first-order valence-electron chi connectivity index (χ1n) is 12.4. The zero-order valence-corrected chi connectivity index (χ0v) is 21.3. The average Bonchev–Trinajstić information content (AvgIpc) is 2.81. The Morgan fingerprint density at radius 3 is 2.53 bits per heavy atom. The largest absolute Gasteiger partial charge is 0.391 e. The molecule has 2 aromatic carbocycles. The Morgan fingerprint density at radius 1 is 1.12 bits per heavy atom. The highest BCUT2D eigenvalue weighted by molar-refractivity contribution is 7.99. The molecule has 3 rings (SSSR count). The minimum absolute atomic E-state index is 0.316. The van der Waals surface area contributed by atoms with E-state index in [-0.39, 0.29) is 11.9 Å². The lowest BCUT2D eigenvalue weighted by atomic mass is 9.73. The van der Waals surface area contributed by atoms with Crippen LogP contribution in [0.3, 0.4) is 0 Å². The number of nitrogens with one attached hydrogen (secondary N) is 2. The van der Waals surface area contributed by atoms with Crippen LogP contribution in [0.5, 0.6) is 0 Å². The topological polar surface area (TPSA) is 78.4 Å². The molecule has 0 aliphatic heterocycles. The van der Waals surface area contributed by atoms with E-state index >= 15 is 0 Å². The first-order valence-corrected chi connectivity index (χ1v) is 13.4. The third-order valence-corrected chi connectivity index (χ3v) is 8.24. The lowest BCUT2D eigenvalue weighted by Crippen LogP contribution is -2.53. The number of rotatable bonds is 10. The van der Waals surface area contributed by atoms with Crippen molar-refractivity contribution in [3.63, 3.8) is 0 Å². The van der Waals surface area contributed by atoms with Gasteiger partial charge in [-0.15, -0.1) is 11.8 Å². The predicted molar refractivity (Wildman–Crippen MR) is 141 cm³/mol. The standard InChI is InChI=1S/C27H37BN2O3S/c1-4-23(25(31)15-20-10-9-17(2)13-18(20)3)29-26(32)24(30-27(28)33)16-34-22-12-11-19-7-5-6-8-21(19)14-22/h5-8,11-12,14,17-18,20,23-25,31H,4,9-10,13,15-16H2,1-3H3,(H,29,32)(H,30,33)/t17?,18?,20?,23-,24+,25+/m0/s1. The van der Waals surface area contributed by atoms with Crippen molar-refractivity contribution >= 4 is 42.1 Å². The number of aliphatic hydroxyl groups excluding tert-OH is 1. The van der Waals surface area contributed by atoms with Gasteiger partial charge in [-0.2, -0.15) is 0 Å². The second-order valence-corrected chi connectivity index (χ2v) is 11.0. The Bertz CT molecular complexity index is 972. The van der Waals surface area contributed by atoms with E-state index in [1.54, 1.807) is 0 Å². The Kier molecular flexibility index (Phi) is 9.90. The van der Waals surface area contributed by atoms with Gasteiger partial charge in [-0.05, 0) is 66.3 Å². The second-order valence-electron chi connectivity index (χ2n) is 9.86. The molecular weight excluding hydrogens is 443 g/mol. The van der Waals surface area contributed by atoms with Gasteiger partial charge >= 0.3 is 0 Å². The van der Waals surface area contributed by atoms with Crippen molar-refractivity contribution in [3.05, 3.63) is 42.5 Å². The number of hydrogen-bond acceptors (Lipinski definition) is 4. The molecule has 1 saturated carbocycles. The molecule has 0 heterocycles. The first-order chi connectivity index (χ1) is 16.3. The fraction of sp³-hybridized carbons (Fsp3) is 0.556. The molecule has 5 nitrogen and oxygen atoms in total. The normalized spacial score (nSPS) is 23.1. The molecule has 0 aromatic heterocycles. The van der Waals surface area contributed by atoms with Gasteiger partial charge in [0.05, 0.1) is 12.1 Å². The van der Waals surface area contributed by atoms with Crippen molar-refractivity contribution in [2.24, 2.45) is 17.8 Å². The highest BCUT2D eigenvalue weighted by Crippen LogP contribution is 2.36. The smallest absolute Gasteiger partial charge is 0.243 e. The molecule has 0 saturated heterocycles. The van der Waals surface area contributed by atoms with Gasteiger partial charge < -0.3 is 15.7 Å². The van der Waals surface area contributed by atoms with Gasteiger partial charge in [0.15, 0.2) is 5.81 Å². The molecular formula is C27H37BN2O3S. The van der Waals surface area contributed by atoms with Gasteiger partial charge in [0, 0.05) is 10.6 Å². The van der Waals surface area contributed by atoms with Gasteiger partial charge in [0.25, 0.3) is 0 Å². The minimum atomic E-state index is -0.787. The number of thioether (sulfide) groups is 1. The molecule has 1 aliphatic carbocycles. The summed E-state index contributed by atoms with van der Waals surface area (Å²) in [5.74, 6) is 1.08. The quantitative estimate of drug-likeness (QED) is 0.334. The van der Waals surface area contributed by atoms with Gasteiger partial charge in [-0.3, -0.25) is 9.59 Å². The molecule has 0 spiro atoms. The Labute approximate surface area is 209 Å². The second kappa shape index (κ2) is 12.6. The predicted octanol–water partition coefficient (Wildman–Crippen LogP) is 4.90. The SMILES string of the molecule is [B]C(=O)N[C@H](CSc1ccc2ccccc2c1)C(=O)N[C@@H](CC)[C@H](O)CC1CCC(C)CC1C. The highest BCUT2D eigenvalue weighted by atomic mass is 32.2. The van der Waals surface area contributed by atoms with E-state index in [1.807, 2.05) is 37.3 Å². The van der Waals surface area contributed by atoms with Crippen molar-refractivity contribution in [1.29, 1.82) is 0 Å². The van der Waals surface area contributed by atoms with Crippen molar-refractivity contribution < 1.29 is 14.7 Å². The summed E-state index contributed by atoms with van der Waals surface area (Å²) >= 11 is 1.49. The summed E-state index contributed by atoms with van der Waals surface area (Å²) in [5, 5.41) is 18.8. The molecule has 3 unspecified atom stereocenters. The summed E-state index contributed by atoms with van der Waals surface area (Å²) in [6.45, 7) is 6.52. The van der Waals surface area contributed by atoms with Crippen LogP contribution in [0.2, 0.25) is 0 Å². The zero-order chi connectivity index (χ0) is 24.7. The van der Waals surface area contributed by atoms with Gasteiger partial charge in [-0.25, -0.2) is 0 Å². The van der Waals surface area contributed by atoms with Crippen molar-refractivity contribution in [2.45, 2.75) is 76.0 Å². The van der Waals surface area contributed by atoms with E-state index in [0.717, 1.165) is 28.0 Å². The molecule has 2 aromatic rings. The van der Waals surface area contributed by atoms with Gasteiger partial charge in [-0.1, -0.05) is 57.5 Å². The van der Waals surface area contributed by atoms with E-state index < -0.39 is 18.0 Å². The van der Waals surface area contributed by atoms with Crippen LogP contribution in [0.15, 0.2) is 47.4 Å². The minimum Gasteiger partial charge on any atom is -0.391 e. The fourth-order valence-corrected chi connectivity index (χ4v) is 6.07. The molecule has 3 N–H and O–H groups in total. The average molecular weight is 480 g/mol. The fourth-order valence-electron chi connectivity index (χ4n) is 5.10. The molecule has 2 radical (unpaired) electrons. The lowest BCUT2D eigenvalue weighted by Gasteiger charge is -2.35. The van der Waals surface area contributed by atoms with E-state index in [0.29, 0.717) is 30.4 Å². The molecule has 1 aliphatic rings. The van der Waals surface area contributed by atoms with Crippen LogP contribution < -0.4 is 10.6 Å². The first kappa shape index (κ1) is 26.6. The maximum atomic E-state index is 13.1. The number of amides is 2. The van der Waals surface area contributed by atoms with Crippen molar-refractivity contribution in [1.82, 2.24) is 10.6 Å². The monoisotopic (exact) mass is 480 g/mol. The van der Waals surface area contributed by atoms with E-state index in [9.17, 15) is 14.7 Å². The van der Waals surface area contributed by atoms with Gasteiger partial charge in [0.1, 0.15) is 6.04 Å². The Hall–Kier alpha value is -1.99. The maximum Gasteiger partial charge on any atom is 0.243 e. The van der Waals surface area contributed by atoms with E-state index in [4.69, 9.17) is 7.85 Å². The Balaban J connectivity index is 1.60. The van der Waals surface area contributed by atoms with Gasteiger partial charge in [0.2, 0.25) is 13.8 Å². The third kappa shape index (κ3) is 7.51. The maximum absolute atomic E-state index is 13.1. The number of carbonyl (C=O) groups excluding carboxylic acids is 2. The van der Waals surface area contributed by atoms with Crippen LogP contribution in [0.1, 0.15) is 52.9 Å². The molecule has 1 fully saturated rings. The third-order valence-electron chi connectivity index (χ3n) is 7.16. The number of carbonyl (C=O) groups is 2. The summed E-state index contributed by atoms with van der Waals surface area (Å²) in [6.07, 6.45) is 4.20.